The molecule has 4 N–H and O–H groups in total. The molecule has 190 valence electrons. The number of anilines is 1. The van der Waals surface area contributed by atoms with Gasteiger partial charge in [0.05, 0.1) is 11.9 Å². The van der Waals surface area contributed by atoms with Crippen LogP contribution >= 0.6 is 0 Å². The molecular weight excluding hydrogens is 446 g/mol. The summed E-state index contributed by atoms with van der Waals surface area (Å²) in [5.74, 6) is -0.179. The molecule has 35 heavy (non-hydrogen) atoms. The number of aromatic nitrogens is 2. The van der Waals surface area contributed by atoms with Crippen LogP contribution in [0.4, 0.5) is 5.69 Å². The molecule has 0 aromatic carbocycles. The van der Waals surface area contributed by atoms with Gasteiger partial charge in [-0.05, 0) is 43.9 Å². The SMILES string of the molecule is CCCCC(NC(=O)c1[nH]c2c(c1C)C(=O)CC(C)(C)C2)C(=O)Nc1ccc(OCCNC)nc1. The molecule has 1 unspecified atom stereocenters. The average molecular weight is 484 g/mol. The third kappa shape index (κ3) is 6.69. The van der Waals surface area contributed by atoms with E-state index in [1.807, 2.05) is 27.8 Å². The summed E-state index contributed by atoms with van der Waals surface area (Å²) in [6.45, 7) is 9.10. The minimum absolute atomic E-state index is 0.0511. The maximum absolute atomic E-state index is 13.2. The summed E-state index contributed by atoms with van der Waals surface area (Å²) >= 11 is 0. The fourth-order valence-electron chi connectivity index (χ4n) is 4.39. The van der Waals surface area contributed by atoms with Crippen molar-refractivity contribution in [1.82, 2.24) is 20.6 Å². The molecule has 9 heteroatoms. The van der Waals surface area contributed by atoms with Crippen molar-refractivity contribution in [3.63, 3.8) is 0 Å². The Bertz CT molecular complexity index is 1060. The molecule has 2 amide bonds. The molecular formula is C26H37N5O4. The van der Waals surface area contributed by atoms with Crippen LogP contribution in [0.15, 0.2) is 18.3 Å². The first-order valence-corrected chi connectivity index (χ1v) is 12.2. The highest BCUT2D eigenvalue weighted by Crippen LogP contribution is 2.36. The normalized spacial score (nSPS) is 15.3. The predicted octanol–water partition coefficient (Wildman–Crippen LogP) is 3.40. The van der Waals surface area contributed by atoms with E-state index in [9.17, 15) is 14.4 Å². The summed E-state index contributed by atoms with van der Waals surface area (Å²) in [7, 11) is 1.84. The number of pyridine rings is 1. The minimum atomic E-state index is -0.721. The monoisotopic (exact) mass is 483 g/mol. The number of nitrogens with one attached hydrogen (secondary N) is 4. The second-order valence-electron chi connectivity index (χ2n) is 9.91. The number of Topliss-reactive ketones (excluding diaryl/α,β-unsaturated/α-hetero) is 1. The fraction of sp³-hybridized carbons (Fsp3) is 0.538. The Balaban J connectivity index is 1.70. The molecule has 1 aliphatic rings. The van der Waals surface area contributed by atoms with Gasteiger partial charge >= 0.3 is 0 Å². The number of ether oxygens (including phenoxy) is 1. The third-order valence-corrected chi connectivity index (χ3v) is 6.20. The van der Waals surface area contributed by atoms with Crippen molar-refractivity contribution in [2.24, 2.45) is 5.41 Å². The number of carbonyl (C=O) groups is 3. The lowest BCUT2D eigenvalue weighted by Gasteiger charge is -2.28. The number of hydrogen-bond donors (Lipinski definition) is 4. The molecule has 0 fully saturated rings. The Labute approximate surface area is 206 Å². The summed E-state index contributed by atoms with van der Waals surface area (Å²) in [4.78, 5) is 46.3. The zero-order chi connectivity index (χ0) is 25.6. The maximum atomic E-state index is 13.2. The van der Waals surface area contributed by atoms with E-state index in [4.69, 9.17) is 4.74 Å². The van der Waals surface area contributed by atoms with Gasteiger partial charge < -0.3 is 25.7 Å². The first-order chi connectivity index (χ1) is 16.6. The van der Waals surface area contributed by atoms with Gasteiger partial charge in [0.1, 0.15) is 18.3 Å². The number of carbonyl (C=O) groups excluding carboxylic acids is 3. The first-order valence-electron chi connectivity index (χ1n) is 12.2. The van der Waals surface area contributed by atoms with Crippen molar-refractivity contribution in [2.45, 2.75) is 65.8 Å². The lowest BCUT2D eigenvalue weighted by Crippen LogP contribution is -2.44. The van der Waals surface area contributed by atoms with Crippen LogP contribution in [0.2, 0.25) is 0 Å². The molecule has 2 aromatic heterocycles. The molecule has 2 heterocycles. The maximum Gasteiger partial charge on any atom is 0.268 e. The molecule has 2 aromatic rings. The van der Waals surface area contributed by atoms with Crippen LogP contribution in [0.3, 0.4) is 0 Å². The van der Waals surface area contributed by atoms with Gasteiger partial charge in [0.15, 0.2) is 5.78 Å². The van der Waals surface area contributed by atoms with Crippen molar-refractivity contribution < 1.29 is 19.1 Å². The van der Waals surface area contributed by atoms with Gasteiger partial charge in [-0.15, -0.1) is 0 Å². The van der Waals surface area contributed by atoms with Gasteiger partial charge in [0.2, 0.25) is 11.8 Å². The van der Waals surface area contributed by atoms with Crippen LogP contribution in [-0.4, -0.2) is 53.8 Å². The van der Waals surface area contributed by atoms with Crippen LogP contribution in [-0.2, 0) is 11.2 Å². The van der Waals surface area contributed by atoms with E-state index in [0.29, 0.717) is 60.8 Å². The number of rotatable bonds is 11. The van der Waals surface area contributed by atoms with Crippen LogP contribution < -0.4 is 20.7 Å². The summed E-state index contributed by atoms with van der Waals surface area (Å²) in [6, 6.07) is 2.69. The number of ketones is 1. The number of likely N-dealkylation sites (N-methyl/N-ethyl adjacent to an activating group) is 1. The molecule has 0 bridgehead atoms. The van der Waals surface area contributed by atoms with Gasteiger partial charge in [-0.1, -0.05) is 33.6 Å². The molecule has 0 saturated heterocycles. The number of unbranched alkanes of at least 4 members (excludes halogenated alkanes) is 1. The second-order valence-corrected chi connectivity index (χ2v) is 9.91. The average Bonchev–Trinajstić information content (AvgIpc) is 3.13. The van der Waals surface area contributed by atoms with E-state index in [1.165, 1.54) is 6.20 Å². The van der Waals surface area contributed by atoms with Crippen LogP contribution in [0.25, 0.3) is 0 Å². The number of nitrogens with zero attached hydrogens (tertiary/aromatic N) is 1. The van der Waals surface area contributed by atoms with E-state index in [0.717, 1.165) is 18.5 Å². The Morgan fingerprint density at radius 1 is 1.26 bits per heavy atom. The molecule has 0 spiro atoms. The van der Waals surface area contributed by atoms with Gasteiger partial charge in [-0.2, -0.15) is 0 Å². The summed E-state index contributed by atoms with van der Waals surface area (Å²) in [5.41, 5.74) is 2.77. The first kappa shape index (κ1) is 26.4. The number of aromatic amines is 1. The van der Waals surface area contributed by atoms with Gasteiger partial charge in [0.25, 0.3) is 5.91 Å². The highest BCUT2D eigenvalue weighted by molar-refractivity contribution is 6.06. The molecule has 1 aliphatic carbocycles. The zero-order valence-corrected chi connectivity index (χ0v) is 21.3. The van der Waals surface area contributed by atoms with E-state index in [1.54, 1.807) is 19.1 Å². The van der Waals surface area contributed by atoms with Crippen molar-refractivity contribution >= 4 is 23.3 Å². The lowest BCUT2D eigenvalue weighted by molar-refractivity contribution is -0.118. The topological polar surface area (TPSA) is 125 Å². The summed E-state index contributed by atoms with van der Waals surface area (Å²) < 4.78 is 5.50. The number of amides is 2. The highest BCUT2D eigenvalue weighted by Gasteiger charge is 2.35. The molecule has 9 nitrogen and oxygen atoms in total. The number of H-pyrrole nitrogens is 1. The predicted molar refractivity (Wildman–Crippen MR) is 135 cm³/mol. The largest absolute Gasteiger partial charge is 0.476 e. The molecule has 0 saturated carbocycles. The molecule has 1 atom stereocenters. The Morgan fingerprint density at radius 3 is 2.69 bits per heavy atom. The third-order valence-electron chi connectivity index (χ3n) is 6.20. The second kappa shape index (κ2) is 11.5. The quantitative estimate of drug-likeness (QED) is 0.363. The number of fused-ring (bicyclic) bond motifs is 1. The van der Waals surface area contributed by atoms with Crippen molar-refractivity contribution in [3.8, 4) is 5.88 Å². The minimum Gasteiger partial charge on any atom is -0.476 e. The Kier molecular flexibility index (Phi) is 8.67. The summed E-state index contributed by atoms with van der Waals surface area (Å²) in [6.07, 6.45) is 4.85. The Morgan fingerprint density at radius 2 is 2.03 bits per heavy atom. The van der Waals surface area contributed by atoms with Crippen molar-refractivity contribution in [3.05, 3.63) is 40.8 Å². The molecule has 0 aliphatic heterocycles. The number of hydrogen-bond acceptors (Lipinski definition) is 6. The standard InChI is InChI=1S/C26H37N5O4/c1-6-7-8-18(24(33)29-17-9-10-21(28-15-17)35-12-11-27-5)31-25(34)23-16(2)22-19(30-23)13-26(3,4)14-20(22)32/h9-10,15,18,27,30H,6-8,11-14H2,1-5H3,(H,29,33)(H,31,34). The highest BCUT2D eigenvalue weighted by atomic mass is 16.5. The summed E-state index contributed by atoms with van der Waals surface area (Å²) in [5, 5.41) is 8.70. The van der Waals surface area contributed by atoms with Crippen LogP contribution in [0.1, 0.15) is 78.6 Å². The Hall–Kier alpha value is -3.20. The van der Waals surface area contributed by atoms with Crippen LogP contribution in [0.5, 0.6) is 5.88 Å². The van der Waals surface area contributed by atoms with Crippen molar-refractivity contribution in [2.75, 3.05) is 25.5 Å². The lowest BCUT2D eigenvalue weighted by atomic mass is 9.75. The smallest absolute Gasteiger partial charge is 0.268 e. The fourth-order valence-corrected chi connectivity index (χ4v) is 4.39. The van der Waals surface area contributed by atoms with Crippen molar-refractivity contribution in [1.29, 1.82) is 0 Å². The van der Waals surface area contributed by atoms with Crippen LogP contribution in [0, 0.1) is 12.3 Å². The molecule has 3 rings (SSSR count). The van der Waals surface area contributed by atoms with E-state index < -0.39 is 6.04 Å². The molecule has 0 radical (unpaired) electrons. The zero-order valence-electron chi connectivity index (χ0n) is 21.3. The van der Waals surface area contributed by atoms with Gasteiger partial charge in [-0.3, -0.25) is 14.4 Å². The van der Waals surface area contributed by atoms with E-state index >= 15 is 0 Å². The van der Waals surface area contributed by atoms with E-state index in [2.05, 4.69) is 25.9 Å². The van der Waals surface area contributed by atoms with Gasteiger partial charge in [0, 0.05) is 30.3 Å². The van der Waals surface area contributed by atoms with Gasteiger partial charge in [-0.25, -0.2) is 4.98 Å². The van der Waals surface area contributed by atoms with E-state index in [-0.39, 0.29) is 23.0 Å².